The Morgan fingerprint density at radius 3 is 2.20 bits per heavy atom. The molecule has 0 bridgehead atoms. The van der Waals surface area contributed by atoms with E-state index in [-0.39, 0.29) is 16.8 Å². The molecule has 0 N–H and O–H groups in total. The van der Waals surface area contributed by atoms with Gasteiger partial charge in [0.05, 0.1) is 5.56 Å². The highest BCUT2D eigenvalue weighted by Crippen LogP contribution is 2.25. The van der Waals surface area contributed by atoms with Crippen molar-refractivity contribution < 1.29 is 8.78 Å². The predicted octanol–water partition coefficient (Wildman–Crippen LogP) is 3.59. The summed E-state index contributed by atoms with van der Waals surface area (Å²) in [6.07, 6.45) is 3.22. The van der Waals surface area contributed by atoms with Gasteiger partial charge in [-0.1, -0.05) is 20.8 Å². The maximum absolute atomic E-state index is 14.0. The van der Waals surface area contributed by atoms with E-state index >= 15 is 0 Å². The molecule has 1 heterocycles. The number of halogens is 2. The number of nitrogens with zero attached hydrogens (tertiary/aromatic N) is 3. The summed E-state index contributed by atoms with van der Waals surface area (Å²) >= 11 is 0. The fraction of sp³-hybridized carbons (Fsp3) is 0.267. The molecule has 0 aliphatic heterocycles. The molecule has 3 nitrogen and oxygen atoms in total. The van der Waals surface area contributed by atoms with Gasteiger partial charge in [-0.15, -0.1) is 0 Å². The maximum Gasteiger partial charge on any atom is 0.162 e. The van der Waals surface area contributed by atoms with E-state index in [9.17, 15) is 8.78 Å². The molecule has 0 saturated carbocycles. The predicted molar refractivity (Wildman–Crippen MR) is 70.8 cm³/mol. The van der Waals surface area contributed by atoms with E-state index in [4.69, 9.17) is 5.26 Å². The van der Waals surface area contributed by atoms with Crippen LogP contribution in [0.3, 0.4) is 0 Å². The summed E-state index contributed by atoms with van der Waals surface area (Å²) in [5, 5.41) is 8.75. The molecular formula is C15H13F2N3. The smallest absolute Gasteiger partial charge is 0.162 e. The third kappa shape index (κ3) is 2.50. The van der Waals surface area contributed by atoms with Crippen LogP contribution in [0.2, 0.25) is 0 Å². The van der Waals surface area contributed by atoms with Crippen molar-refractivity contribution in [2.45, 2.75) is 26.2 Å². The average molecular weight is 273 g/mol. The molecule has 0 amide bonds. The summed E-state index contributed by atoms with van der Waals surface area (Å²) in [7, 11) is 0. The van der Waals surface area contributed by atoms with Crippen LogP contribution in [0.15, 0.2) is 24.5 Å². The Hall–Kier alpha value is -2.35. The molecule has 1 aromatic heterocycles. The Kier molecular flexibility index (Phi) is 3.49. The molecule has 1 aromatic carbocycles. The van der Waals surface area contributed by atoms with Crippen molar-refractivity contribution >= 4 is 0 Å². The Balaban J connectivity index is 2.51. The summed E-state index contributed by atoms with van der Waals surface area (Å²) in [5.41, 5.74) is 0.191. The summed E-state index contributed by atoms with van der Waals surface area (Å²) in [5.74, 6) is -1.69. The molecule has 102 valence electrons. The first-order valence-corrected chi connectivity index (χ1v) is 6.05. The normalized spacial score (nSPS) is 11.2. The molecule has 0 radical (unpaired) electrons. The standard InChI is InChI=1S/C15H13F2N3/c1-15(2,3)9-7-19-14(20-8-9)10-4-5-12(16)11(6-18)13(10)17/h4-5,7-8H,1-3H3. The first kappa shape index (κ1) is 14.1. The SMILES string of the molecule is CC(C)(C)c1cnc(-c2ccc(F)c(C#N)c2F)nc1. The third-order valence-electron chi connectivity index (χ3n) is 2.96. The molecule has 0 aliphatic carbocycles. The first-order chi connectivity index (χ1) is 9.34. The largest absolute Gasteiger partial charge is 0.236 e. The molecule has 0 aliphatic rings. The van der Waals surface area contributed by atoms with Gasteiger partial charge in [0.15, 0.2) is 11.6 Å². The zero-order valence-corrected chi connectivity index (χ0v) is 11.4. The van der Waals surface area contributed by atoms with E-state index in [1.165, 1.54) is 12.1 Å². The molecule has 5 heteroatoms. The van der Waals surface area contributed by atoms with Crippen molar-refractivity contribution in [1.82, 2.24) is 9.97 Å². The highest BCUT2D eigenvalue weighted by Gasteiger charge is 2.18. The van der Waals surface area contributed by atoms with Crippen LogP contribution in [0.1, 0.15) is 31.9 Å². The molecular weight excluding hydrogens is 260 g/mol. The van der Waals surface area contributed by atoms with Gasteiger partial charge in [0, 0.05) is 12.4 Å². The minimum atomic E-state index is -0.934. The number of benzene rings is 1. The van der Waals surface area contributed by atoms with Crippen LogP contribution < -0.4 is 0 Å². The zero-order valence-electron chi connectivity index (χ0n) is 11.4. The van der Waals surface area contributed by atoms with E-state index in [2.05, 4.69) is 9.97 Å². The van der Waals surface area contributed by atoms with Crippen LogP contribution in [-0.4, -0.2) is 9.97 Å². The van der Waals surface area contributed by atoms with Crippen molar-refractivity contribution in [2.24, 2.45) is 0 Å². The van der Waals surface area contributed by atoms with Crippen molar-refractivity contribution in [3.05, 3.63) is 47.3 Å². The number of hydrogen-bond donors (Lipinski definition) is 0. The van der Waals surface area contributed by atoms with Gasteiger partial charge < -0.3 is 0 Å². The molecule has 0 saturated heterocycles. The van der Waals surface area contributed by atoms with Crippen LogP contribution in [0.25, 0.3) is 11.4 Å². The van der Waals surface area contributed by atoms with Crippen LogP contribution in [0.4, 0.5) is 8.78 Å². The monoisotopic (exact) mass is 273 g/mol. The van der Waals surface area contributed by atoms with E-state index in [0.717, 1.165) is 11.6 Å². The quantitative estimate of drug-likeness (QED) is 0.797. The minimum absolute atomic E-state index is 0.0170. The number of nitriles is 1. The first-order valence-electron chi connectivity index (χ1n) is 6.05. The van der Waals surface area contributed by atoms with E-state index < -0.39 is 17.2 Å². The van der Waals surface area contributed by atoms with E-state index in [1.54, 1.807) is 12.4 Å². The lowest BCUT2D eigenvalue weighted by atomic mass is 9.89. The number of aromatic nitrogens is 2. The van der Waals surface area contributed by atoms with Gasteiger partial charge >= 0.3 is 0 Å². The summed E-state index contributed by atoms with van der Waals surface area (Å²) < 4.78 is 27.3. The fourth-order valence-corrected chi connectivity index (χ4v) is 1.68. The topological polar surface area (TPSA) is 49.6 Å². The van der Waals surface area contributed by atoms with Crippen LogP contribution >= 0.6 is 0 Å². The Morgan fingerprint density at radius 1 is 1.10 bits per heavy atom. The second kappa shape index (κ2) is 4.97. The van der Waals surface area contributed by atoms with Crippen molar-refractivity contribution in [2.75, 3.05) is 0 Å². The summed E-state index contributed by atoms with van der Waals surface area (Å²) in [6, 6.07) is 3.78. The molecule has 0 fully saturated rings. The molecule has 2 rings (SSSR count). The third-order valence-corrected chi connectivity index (χ3v) is 2.96. The molecule has 0 spiro atoms. The highest BCUT2D eigenvalue weighted by molar-refractivity contribution is 5.59. The lowest BCUT2D eigenvalue weighted by molar-refractivity contribution is 0.577. The van der Waals surface area contributed by atoms with Crippen molar-refractivity contribution in [3.63, 3.8) is 0 Å². The Morgan fingerprint density at radius 2 is 1.70 bits per heavy atom. The lowest BCUT2D eigenvalue weighted by Crippen LogP contribution is -2.12. The molecule has 20 heavy (non-hydrogen) atoms. The van der Waals surface area contributed by atoms with Crippen LogP contribution in [-0.2, 0) is 5.41 Å². The number of rotatable bonds is 1. The summed E-state index contributed by atoms with van der Waals surface area (Å²) in [6.45, 7) is 6.03. The minimum Gasteiger partial charge on any atom is -0.236 e. The van der Waals surface area contributed by atoms with Crippen molar-refractivity contribution in [3.8, 4) is 17.5 Å². The van der Waals surface area contributed by atoms with E-state index in [0.29, 0.717) is 0 Å². The molecule has 2 aromatic rings. The number of hydrogen-bond acceptors (Lipinski definition) is 3. The van der Waals surface area contributed by atoms with Crippen LogP contribution in [0, 0.1) is 23.0 Å². The summed E-state index contributed by atoms with van der Waals surface area (Å²) in [4.78, 5) is 8.20. The van der Waals surface area contributed by atoms with Gasteiger partial charge in [-0.05, 0) is 23.1 Å². The van der Waals surface area contributed by atoms with Gasteiger partial charge in [0.1, 0.15) is 17.4 Å². The van der Waals surface area contributed by atoms with Gasteiger partial charge in [0.25, 0.3) is 0 Å². The zero-order chi connectivity index (χ0) is 14.9. The van der Waals surface area contributed by atoms with Gasteiger partial charge in [-0.3, -0.25) is 0 Å². The van der Waals surface area contributed by atoms with Gasteiger partial charge in [-0.2, -0.15) is 5.26 Å². The van der Waals surface area contributed by atoms with Gasteiger partial charge in [-0.25, -0.2) is 18.7 Å². The second-order valence-electron chi connectivity index (χ2n) is 5.44. The van der Waals surface area contributed by atoms with Crippen molar-refractivity contribution in [1.29, 1.82) is 5.26 Å². The Labute approximate surface area is 115 Å². The Bertz CT molecular complexity index is 680. The maximum atomic E-state index is 14.0. The fourth-order valence-electron chi connectivity index (χ4n) is 1.68. The second-order valence-corrected chi connectivity index (χ2v) is 5.44. The highest BCUT2D eigenvalue weighted by atomic mass is 19.1. The lowest BCUT2D eigenvalue weighted by Gasteiger charge is -2.17. The van der Waals surface area contributed by atoms with E-state index in [1.807, 2.05) is 20.8 Å². The average Bonchev–Trinajstić information content (AvgIpc) is 2.38. The van der Waals surface area contributed by atoms with Gasteiger partial charge in [0.2, 0.25) is 0 Å². The molecule has 0 unspecified atom stereocenters. The molecule has 0 atom stereocenters. The van der Waals surface area contributed by atoms with Crippen LogP contribution in [0.5, 0.6) is 0 Å².